The maximum atomic E-state index is 14.7. The van der Waals surface area contributed by atoms with Crippen molar-refractivity contribution in [3.63, 3.8) is 0 Å². The Balaban J connectivity index is 1.60. The fraction of sp³-hybridized carbons (Fsp3) is 0.472. The number of nitrogens with zero attached hydrogens (tertiary/aromatic N) is 2. The van der Waals surface area contributed by atoms with Gasteiger partial charge in [-0.15, -0.1) is 0 Å². The summed E-state index contributed by atoms with van der Waals surface area (Å²) in [4.78, 5) is 98.5. The Kier molecular flexibility index (Phi) is 9.98. The van der Waals surface area contributed by atoms with Crippen LogP contribution in [0.3, 0.4) is 0 Å². The van der Waals surface area contributed by atoms with Crippen LogP contribution < -0.4 is 4.90 Å². The van der Waals surface area contributed by atoms with Crippen molar-refractivity contribution in [3.05, 3.63) is 54.0 Å². The van der Waals surface area contributed by atoms with Crippen molar-refractivity contribution in [1.82, 2.24) is 4.90 Å². The second-order valence-corrected chi connectivity index (χ2v) is 17.2. The predicted molar refractivity (Wildman–Crippen MR) is 194 cm³/mol. The summed E-state index contributed by atoms with van der Waals surface area (Å²) in [6.07, 6.45) is 2.88. The number of methoxy groups -OCH3 is 4. The molecule has 16 heteroatoms. The molecule has 2 fully saturated rings. The lowest BCUT2D eigenvalue weighted by Crippen LogP contribution is -2.56. The molecule has 0 unspecified atom stereocenters. The second-order valence-electron chi connectivity index (χ2n) is 13.5. The van der Waals surface area contributed by atoms with Crippen molar-refractivity contribution < 1.29 is 52.5 Å². The molecule has 13 nitrogen and oxygen atoms in total. The van der Waals surface area contributed by atoms with E-state index in [-0.39, 0.29) is 32.1 Å². The smallest absolute Gasteiger partial charge is 0.345 e. The van der Waals surface area contributed by atoms with Gasteiger partial charge in [0.05, 0.1) is 57.1 Å². The fourth-order valence-electron chi connectivity index (χ4n) is 7.84. The number of anilines is 1. The number of carbonyl (C=O) groups is 7. The molecule has 3 amide bonds. The lowest BCUT2D eigenvalue weighted by molar-refractivity contribution is -0.143. The highest BCUT2D eigenvalue weighted by molar-refractivity contribution is 8.26. The standard InChI is InChI=1S/C36H38N2O11S3/c1-16-13-17(2)24-20(14-16)22-28(35(3,4)38(24)21(39)15-37-29(40)18-11-9-10-12-19(18)30(37)41)50-25(32(43)47-6)23(31(42)46-5)36(22)51-26(33(44)48-7)27(52-36)34(45)49-8/h13-14,18-19H,9-12,15H2,1-8H3/t18-,19-/m0/s1. The SMILES string of the molecule is COC(=O)C1=C(C(=O)OC)SC2(S1)C(C(=O)OC)=C(C(=O)OC)SC1=C2c2cc(C)cc(C)c2N(C(=O)CN2C(=O)[C@H]3CCCC[C@@H]3C2=O)C1(C)C. The Hall–Kier alpha value is -4.02. The lowest BCUT2D eigenvalue weighted by atomic mass is 9.81. The topological polar surface area (TPSA) is 163 Å². The zero-order valence-corrected chi connectivity index (χ0v) is 32.4. The van der Waals surface area contributed by atoms with Gasteiger partial charge < -0.3 is 18.9 Å². The molecule has 5 aliphatic rings. The first-order valence-electron chi connectivity index (χ1n) is 16.5. The van der Waals surface area contributed by atoms with Crippen LogP contribution in [0.2, 0.25) is 0 Å². The Morgan fingerprint density at radius 1 is 0.769 bits per heavy atom. The third kappa shape index (κ3) is 5.59. The summed E-state index contributed by atoms with van der Waals surface area (Å²) in [7, 11) is 4.61. The van der Waals surface area contributed by atoms with Crippen LogP contribution in [0.5, 0.6) is 0 Å². The highest BCUT2D eigenvalue weighted by Crippen LogP contribution is 2.71. The average Bonchev–Trinajstić information content (AvgIpc) is 3.62. The molecular weight excluding hydrogens is 733 g/mol. The molecule has 0 bridgehead atoms. The van der Waals surface area contributed by atoms with Gasteiger partial charge in [0.25, 0.3) is 0 Å². The first-order valence-corrected chi connectivity index (χ1v) is 19.0. The first-order chi connectivity index (χ1) is 24.6. The molecule has 0 radical (unpaired) electrons. The molecular formula is C36H38N2O11S3. The number of fused-ring (bicyclic) bond motifs is 4. The van der Waals surface area contributed by atoms with Gasteiger partial charge in [-0.25, -0.2) is 19.2 Å². The molecule has 1 aliphatic carbocycles. The summed E-state index contributed by atoms with van der Waals surface area (Å²) in [5.74, 6) is -5.65. The third-order valence-corrected chi connectivity index (χ3v) is 14.7. The largest absolute Gasteiger partial charge is 0.466 e. The Bertz CT molecular complexity index is 1910. The van der Waals surface area contributed by atoms with E-state index in [1.807, 2.05) is 26.0 Å². The van der Waals surface area contributed by atoms with Gasteiger partial charge >= 0.3 is 23.9 Å². The van der Waals surface area contributed by atoms with Gasteiger partial charge in [0.1, 0.15) is 25.3 Å². The van der Waals surface area contributed by atoms with Gasteiger partial charge in [0.15, 0.2) is 0 Å². The molecule has 0 aromatic heterocycles. The van der Waals surface area contributed by atoms with Crippen LogP contribution in [0.1, 0.15) is 56.2 Å². The van der Waals surface area contributed by atoms with E-state index >= 15 is 0 Å². The Morgan fingerprint density at radius 3 is 1.77 bits per heavy atom. The van der Waals surface area contributed by atoms with Crippen molar-refractivity contribution >= 4 is 88.1 Å². The average molecular weight is 771 g/mol. The van der Waals surface area contributed by atoms with E-state index in [9.17, 15) is 33.6 Å². The Labute approximate surface area is 313 Å². The number of rotatable bonds is 6. The zero-order chi connectivity index (χ0) is 38.0. The molecule has 1 aromatic rings. The summed E-state index contributed by atoms with van der Waals surface area (Å²) < 4.78 is 18.8. The number of thioether (sulfide) groups is 3. The number of aryl methyl sites for hydroxylation is 2. The molecule has 1 aromatic carbocycles. The number of likely N-dealkylation sites (tertiary alicyclic amines) is 1. The van der Waals surface area contributed by atoms with Crippen molar-refractivity contribution in [1.29, 1.82) is 0 Å². The maximum Gasteiger partial charge on any atom is 0.345 e. The first kappa shape index (κ1) is 37.7. The number of imide groups is 1. The minimum atomic E-state index is -1.73. The summed E-state index contributed by atoms with van der Waals surface area (Å²) in [5.41, 5.74) is 1.31. The van der Waals surface area contributed by atoms with Crippen molar-refractivity contribution in [2.45, 2.75) is 63.0 Å². The molecule has 1 spiro atoms. The van der Waals surface area contributed by atoms with Crippen LogP contribution in [-0.2, 0) is 52.5 Å². The van der Waals surface area contributed by atoms with Crippen LogP contribution in [0.4, 0.5) is 5.69 Å². The number of amides is 3. The summed E-state index contributed by atoms with van der Waals surface area (Å²) >= 11 is 2.60. The molecule has 52 heavy (non-hydrogen) atoms. The quantitative estimate of drug-likeness (QED) is 0.227. The number of esters is 4. The number of ether oxygens (including phenoxy) is 4. The number of hydrogen-bond acceptors (Lipinski definition) is 14. The van der Waals surface area contributed by atoms with E-state index in [2.05, 4.69) is 0 Å². The monoisotopic (exact) mass is 770 g/mol. The maximum absolute atomic E-state index is 14.7. The Morgan fingerprint density at radius 2 is 1.27 bits per heavy atom. The molecule has 1 saturated carbocycles. The molecule has 2 atom stereocenters. The van der Waals surface area contributed by atoms with E-state index in [1.165, 1.54) is 4.90 Å². The number of benzene rings is 1. The summed E-state index contributed by atoms with van der Waals surface area (Å²) in [6, 6.07) is 3.71. The highest BCUT2D eigenvalue weighted by atomic mass is 32.2. The van der Waals surface area contributed by atoms with Gasteiger partial charge in [-0.05, 0) is 52.2 Å². The van der Waals surface area contributed by atoms with E-state index in [0.29, 0.717) is 40.1 Å². The number of hydrogen-bond donors (Lipinski definition) is 0. The number of carbonyl (C=O) groups excluding carboxylic acids is 7. The zero-order valence-electron chi connectivity index (χ0n) is 30.0. The predicted octanol–water partition coefficient (Wildman–Crippen LogP) is 4.40. The minimum Gasteiger partial charge on any atom is -0.466 e. The van der Waals surface area contributed by atoms with Crippen molar-refractivity contribution in [2.24, 2.45) is 11.8 Å². The van der Waals surface area contributed by atoms with Gasteiger partial charge in [0.2, 0.25) is 17.7 Å². The molecule has 6 rings (SSSR count). The van der Waals surface area contributed by atoms with Crippen LogP contribution >= 0.6 is 35.3 Å². The van der Waals surface area contributed by atoms with Crippen molar-refractivity contribution in [3.8, 4) is 0 Å². The summed E-state index contributed by atoms with van der Waals surface area (Å²) in [5, 5.41) is 0. The fourth-order valence-corrected chi connectivity index (χ4v) is 12.9. The lowest BCUT2D eigenvalue weighted by Gasteiger charge is -2.51. The highest BCUT2D eigenvalue weighted by Gasteiger charge is 2.62. The van der Waals surface area contributed by atoms with Crippen LogP contribution in [-0.4, -0.2) is 91.1 Å². The molecule has 276 valence electrons. The molecule has 1 saturated heterocycles. The molecule has 4 aliphatic heterocycles. The van der Waals surface area contributed by atoms with Crippen LogP contribution in [0, 0.1) is 25.7 Å². The second kappa shape index (κ2) is 13.8. The van der Waals surface area contributed by atoms with Gasteiger partial charge in [-0.1, -0.05) is 59.8 Å². The van der Waals surface area contributed by atoms with Gasteiger partial charge in [-0.2, -0.15) is 0 Å². The normalized spacial score (nSPS) is 23.0. The van der Waals surface area contributed by atoms with Crippen molar-refractivity contribution in [2.75, 3.05) is 39.9 Å². The van der Waals surface area contributed by atoms with E-state index < -0.39 is 57.8 Å². The van der Waals surface area contributed by atoms with Crippen LogP contribution in [0.25, 0.3) is 5.57 Å². The van der Waals surface area contributed by atoms with E-state index in [0.717, 1.165) is 87.0 Å². The van der Waals surface area contributed by atoms with Gasteiger partial charge in [0, 0.05) is 16.0 Å². The molecule has 0 N–H and O–H groups in total. The third-order valence-electron chi connectivity index (χ3n) is 10.0. The van der Waals surface area contributed by atoms with Gasteiger partial charge in [-0.3, -0.25) is 24.2 Å². The minimum absolute atomic E-state index is 0.154. The van der Waals surface area contributed by atoms with Crippen LogP contribution in [0.15, 0.2) is 37.3 Å². The van der Waals surface area contributed by atoms with E-state index in [4.69, 9.17) is 18.9 Å². The van der Waals surface area contributed by atoms with E-state index in [1.54, 1.807) is 13.8 Å². The molecule has 4 heterocycles. The summed E-state index contributed by atoms with van der Waals surface area (Å²) in [6.45, 7) is 6.70.